The minimum atomic E-state index is -5.08. The summed E-state index contributed by atoms with van der Waals surface area (Å²) in [6, 6.07) is 5.50. The van der Waals surface area contributed by atoms with E-state index in [1.807, 2.05) is 30.9 Å². The Morgan fingerprint density at radius 1 is 1.12 bits per heavy atom. The number of carbonyl (C=O) groups excluding carboxylic acids is 1. The first-order valence-corrected chi connectivity index (χ1v) is 12.6. The fourth-order valence-corrected chi connectivity index (χ4v) is 5.10. The number of aryl methyl sites for hydroxylation is 2. The second-order valence-corrected chi connectivity index (χ2v) is 9.97. The molecule has 1 aliphatic rings. The molecule has 1 amide bonds. The maximum Gasteiger partial charge on any atom is 0.490 e. The molecule has 0 spiro atoms. The number of benzene rings is 1. The van der Waals surface area contributed by atoms with Crippen molar-refractivity contribution in [2.75, 3.05) is 39.3 Å². The summed E-state index contributed by atoms with van der Waals surface area (Å²) in [6.45, 7) is 9.49. The number of carbonyl (C=O) groups is 2. The van der Waals surface area contributed by atoms with Gasteiger partial charge in [0.05, 0.1) is 4.90 Å². The Kier molecular flexibility index (Phi) is 12.0. The molecule has 0 radical (unpaired) electrons. The molecule has 8 nitrogen and oxygen atoms in total. The largest absolute Gasteiger partial charge is 0.490 e. The lowest BCUT2D eigenvalue weighted by molar-refractivity contribution is -0.192. The fourth-order valence-electron chi connectivity index (χ4n) is 3.31. The van der Waals surface area contributed by atoms with Crippen LogP contribution in [0.5, 0.6) is 0 Å². The molecule has 1 saturated heterocycles. The summed E-state index contributed by atoms with van der Waals surface area (Å²) in [5.74, 6) is -2.72. The zero-order chi connectivity index (χ0) is 25.9. The Bertz CT molecular complexity index is 917. The highest BCUT2D eigenvalue weighted by atomic mass is 32.2. The average Bonchev–Trinajstić information content (AvgIpc) is 2.77. The summed E-state index contributed by atoms with van der Waals surface area (Å²) in [5.41, 5.74) is 1.67. The maximum atomic E-state index is 13.3. The number of aliphatic carboxylic acids is 1. The number of nitrogens with one attached hydrogen (secondary N) is 1. The van der Waals surface area contributed by atoms with E-state index in [-0.39, 0.29) is 18.9 Å². The van der Waals surface area contributed by atoms with Crippen LogP contribution in [0.3, 0.4) is 0 Å². The van der Waals surface area contributed by atoms with Gasteiger partial charge in [-0.2, -0.15) is 17.5 Å². The van der Waals surface area contributed by atoms with Crippen molar-refractivity contribution in [3.63, 3.8) is 0 Å². The van der Waals surface area contributed by atoms with E-state index < -0.39 is 22.2 Å². The van der Waals surface area contributed by atoms with Gasteiger partial charge in [-0.05, 0) is 37.5 Å². The second-order valence-electron chi connectivity index (χ2n) is 8.06. The van der Waals surface area contributed by atoms with Crippen LogP contribution in [-0.4, -0.2) is 80.1 Å². The molecule has 0 aliphatic carbocycles. The van der Waals surface area contributed by atoms with Crippen LogP contribution >= 0.6 is 0 Å². The number of hydrogen-bond donors (Lipinski definition) is 2. The smallest absolute Gasteiger partial charge is 0.475 e. The Balaban J connectivity index is 0.000000718. The van der Waals surface area contributed by atoms with Crippen LogP contribution in [0.2, 0.25) is 0 Å². The van der Waals surface area contributed by atoms with E-state index in [2.05, 4.69) is 12.2 Å². The summed E-state index contributed by atoms with van der Waals surface area (Å²) < 4.78 is 59.8. The van der Waals surface area contributed by atoms with Gasteiger partial charge in [0.2, 0.25) is 15.9 Å². The first-order chi connectivity index (χ1) is 15.8. The molecule has 0 unspecified atom stereocenters. The molecule has 0 atom stereocenters. The molecule has 0 saturated carbocycles. The molecule has 194 valence electrons. The fraction of sp³-hybridized carbons (Fsp3) is 0.636. The van der Waals surface area contributed by atoms with E-state index in [0.717, 1.165) is 43.5 Å². The number of piperazine rings is 1. The molecule has 2 N–H and O–H groups in total. The number of sulfonamides is 1. The van der Waals surface area contributed by atoms with Crippen LogP contribution in [0.4, 0.5) is 13.2 Å². The first kappa shape index (κ1) is 29.9. The third-order valence-electron chi connectivity index (χ3n) is 5.26. The quantitative estimate of drug-likeness (QED) is 0.496. The van der Waals surface area contributed by atoms with Gasteiger partial charge < -0.3 is 15.3 Å². The number of carboxylic acid groups (broad SMARTS) is 1. The predicted octanol–water partition coefficient (Wildman–Crippen LogP) is 2.94. The van der Waals surface area contributed by atoms with Crippen LogP contribution in [0.25, 0.3) is 0 Å². The molecule has 34 heavy (non-hydrogen) atoms. The SMILES string of the molecule is CCCCCN(CCC(=O)N1CCNCC1)S(=O)(=O)c1cc(C)ccc1C.O=C(O)C(F)(F)F. The van der Waals surface area contributed by atoms with Crippen molar-refractivity contribution in [2.45, 2.75) is 57.5 Å². The number of hydrogen-bond acceptors (Lipinski definition) is 5. The standard InChI is InChI=1S/C20H33N3O3S.C2HF3O2/c1-4-5-6-12-23(13-9-20(24)22-14-10-21-11-15-22)27(25,26)19-16-17(2)7-8-18(19)3;3-2(4,5)1(6)7/h7-8,16,21H,4-6,9-15H2,1-3H3;(H,6,7). The zero-order valence-corrected chi connectivity index (χ0v) is 20.6. The summed E-state index contributed by atoms with van der Waals surface area (Å²) >= 11 is 0. The molecular weight excluding hydrogens is 475 g/mol. The van der Waals surface area contributed by atoms with Gasteiger partial charge in [-0.15, -0.1) is 0 Å². The number of rotatable bonds is 9. The van der Waals surface area contributed by atoms with Crippen LogP contribution < -0.4 is 5.32 Å². The molecule has 1 aliphatic heterocycles. The maximum absolute atomic E-state index is 13.3. The highest BCUT2D eigenvalue weighted by molar-refractivity contribution is 7.89. The van der Waals surface area contributed by atoms with Gasteiger partial charge in [-0.25, -0.2) is 13.2 Å². The van der Waals surface area contributed by atoms with Crippen molar-refractivity contribution >= 4 is 21.9 Å². The molecule has 1 fully saturated rings. The molecule has 12 heteroatoms. The number of unbranched alkanes of at least 4 members (excludes halogenated alkanes) is 2. The molecular formula is C22H34F3N3O5S. The molecule has 0 aromatic heterocycles. The monoisotopic (exact) mass is 509 g/mol. The number of alkyl halides is 3. The molecule has 2 rings (SSSR count). The minimum Gasteiger partial charge on any atom is -0.475 e. The third kappa shape index (κ3) is 9.59. The molecule has 1 aromatic rings. The highest BCUT2D eigenvalue weighted by Gasteiger charge is 2.38. The van der Waals surface area contributed by atoms with Crippen LogP contribution in [0.1, 0.15) is 43.7 Å². The lowest BCUT2D eigenvalue weighted by atomic mass is 10.2. The van der Waals surface area contributed by atoms with Crippen molar-refractivity contribution in [1.82, 2.24) is 14.5 Å². The highest BCUT2D eigenvalue weighted by Crippen LogP contribution is 2.22. The number of amides is 1. The summed E-state index contributed by atoms with van der Waals surface area (Å²) in [4.78, 5) is 23.6. The predicted molar refractivity (Wildman–Crippen MR) is 122 cm³/mol. The minimum absolute atomic E-state index is 0.0353. The summed E-state index contributed by atoms with van der Waals surface area (Å²) in [6.07, 6.45) is -2.04. The van der Waals surface area contributed by atoms with E-state index in [4.69, 9.17) is 9.90 Å². The topological polar surface area (TPSA) is 107 Å². The van der Waals surface area contributed by atoms with E-state index in [9.17, 15) is 26.4 Å². The van der Waals surface area contributed by atoms with Gasteiger partial charge in [0.25, 0.3) is 0 Å². The van der Waals surface area contributed by atoms with Crippen molar-refractivity contribution in [3.05, 3.63) is 29.3 Å². The second kappa shape index (κ2) is 13.6. The van der Waals surface area contributed by atoms with Gasteiger partial charge in [-0.3, -0.25) is 4.79 Å². The van der Waals surface area contributed by atoms with Crippen molar-refractivity contribution < 1.29 is 36.3 Å². The van der Waals surface area contributed by atoms with Crippen molar-refractivity contribution in [1.29, 1.82) is 0 Å². The van der Waals surface area contributed by atoms with E-state index >= 15 is 0 Å². The van der Waals surface area contributed by atoms with E-state index in [1.165, 1.54) is 4.31 Å². The van der Waals surface area contributed by atoms with E-state index in [0.29, 0.717) is 24.5 Å². The average molecular weight is 510 g/mol. The zero-order valence-electron chi connectivity index (χ0n) is 19.8. The van der Waals surface area contributed by atoms with Gasteiger partial charge in [-0.1, -0.05) is 31.9 Å². The van der Waals surface area contributed by atoms with Gasteiger partial charge in [0, 0.05) is 45.7 Å². The number of halogens is 3. The van der Waals surface area contributed by atoms with E-state index in [1.54, 1.807) is 6.07 Å². The summed E-state index contributed by atoms with van der Waals surface area (Å²) in [5, 5.41) is 10.4. The molecule has 1 heterocycles. The lowest BCUT2D eigenvalue weighted by Crippen LogP contribution is -2.47. The van der Waals surface area contributed by atoms with Crippen LogP contribution in [-0.2, 0) is 19.6 Å². The molecule has 1 aromatic carbocycles. The van der Waals surface area contributed by atoms with Gasteiger partial charge in [0.1, 0.15) is 0 Å². The van der Waals surface area contributed by atoms with Gasteiger partial charge in [0.15, 0.2) is 0 Å². The number of nitrogens with zero attached hydrogens (tertiary/aromatic N) is 2. The first-order valence-electron chi connectivity index (χ1n) is 11.2. The van der Waals surface area contributed by atoms with Crippen LogP contribution in [0, 0.1) is 13.8 Å². The molecule has 0 bridgehead atoms. The number of carboxylic acids is 1. The third-order valence-corrected chi connectivity index (χ3v) is 7.30. The van der Waals surface area contributed by atoms with Gasteiger partial charge >= 0.3 is 12.1 Å². The van der Waals surface area contributed by atoms with Crippen LogP contribution in [0.15, 0.2) is 23.1 Å². The normalized spacial score (nSPS) is 14.5. The Labute approximate surface area is 199 Å². The Hall–Kier alpha value is -2.18. The van der Waals surface area contributed by atoms with Crippen molar-refractivity contribution in [3.8, 4) is 0 Å². The summed E-state index contributed by atoms with van der Waals surface area (Å²) in [7, 11) is -3.61. The Morgan fingerprint density at radius 2 is 1.71 bits per heavy atom. The van der Waals surface area contributed by atoms with Crippen molar-refractivity contribution in [2.24, 2.45) is 0 Å². The lowest BCUT2D eigenvalue weighted by Gasteiger charge is -2.29. The Morgan fingerprint density at radius 3 is 2.24 bits per heavy atom.